The maximum Gasteiger partial charge on any atom is 0.490 e. The number of nitriles is 1. The third kappa shape index (κ3) is 5.17. The average Bonchev–Trinajstić information content (AvgIpc) is 3.54. The molecule has 0 atom stereocenters. The van der Waals surface area contributed by atoms with Crippen molar-refractivity contribution < 1.29 is 27.9 Å². The molecule has 9 rings (SSSR count). The Bertz CT molecular complexity index is 2300. The Hall–Kier alpha value is -5.23. The number of halogens is 3. The predicted octanol–water partition coefficient (Wildman–Crippen LogP) is 6.17. The number of piperidine rings is 1. The van der Waals surface area contributed by atoms with Gasteiger partial charge < -0.3 is 15.0 Å². The number of benzene rings is 1. The SMILES string of the molecule is CN1C(=O)C2(CCN(C3(CC#N)CCC3)CC2)c2c1cnc1[nH]c(-c3cn(C)nc3C3CC3)c(-c3ccc4c(cnn4C)c3)c21.O=C(O)C(F)(F)F. The second-order valence-electron chi connectivity index (χ2n) is 14.7. The van der Waals surface area contributed by atoms with Crippen molar-refractivity contribution in [1.82, 2.24) is 34.4 Å². The van der Waals surface area contributed by atoms with Gasteiger partial charge in [0.05, 0.1) is 52.9 Å². The van der Waals surface area contributed by atoms with Crippen molar-refractivity contribution in [3.63, 3.8) is 0 Å². The van der Waals surface area contributed by atoms with Gasteiger partial charge in [-0.1, -0.05) is 6.07 Å². The maximum absolute atomic E-state index is 14.4. The van der Waals surface area contributed by atoms with Gasteiger partial charge in [-0.05, 0) is 62.6 Å². The van der Waals surface area contributed by atoms with Crippen LogP contribution in [0.5, 0.6) is 0 Å². The molecular weight excluding hydrogens is 675 g/mol. The van der Waals surface area contributed by atoms with E-state index in [-0.39, 0.29) is 11.4 Å². The summed E-state index contributed by atoms with van der Waals surface area (Å²) in [7, 11) is 5.86. The molecule has 2 aliphatic heterocycles. The number of hydrogen-bond acceptors (Lipinski definition) is 7. The molecule has 3 fully saturated rings. The highest BCUT2D eigenvalue weighted by Crippen LogP contribution is 2.55. The number of nitrogens with one attached hydrogen (secondary N) is 1. The molecule has 52 heavy (non-hydrogen) atoms. The zero-order valence-electron chi connectivity index (χ0n) is 29.1. The standard InChI is InChI=1S/C35H37N9O.C2HF3O2/c1-41-20-24(30(40-41)21-5-6-21)31-27(22-7-8-25-23(17-22)18-38-43(25)3)28-29-26(19-37-32(28)39-31)42(2)33(45)35(29)12-15-44(16-13-35)34(11-14-36)9-4-10-34;3-2(4,5)1(6)7/h7-8,17-21H,4-6,9-13,15-16H2,1-3H3,(H,37,39);(H,6,7). The van der Waals surface area contributed by atoms with E-state index in [0.29, 0.717) is 12.3 Å². The van der Waals surface area contributed by atoms with Crippen LogP contribution in [0.4, 0.5) is 18.9 Å². The van der Waals surface area contributed by atoms with Crippen LogP contribution >= 0.6 is 0 Å². The van der Waals surface area contributed by atoms with Crippen molar-refractivity contribution in [3.8, 4) is 28.5 Å². The van der Waals surface area contributed by atoms with Crippen molar-refractivity contribution in [3.05, 3.63) is 48.0 Å². The number of aliphatic carboxylic acids is 1. The zero-order valence-corrected chi connectivity index (χ0v) is 29.1. The number of rotatable bonds is 5. The number of carbonyl (C=O) groups is 2. The second kappa shape index (κ2) is 11.9. The Morgan fingerprint density at radius 1 is 1.12 bits per heavy atom. The lowest BCUT2D eigenvalue weighted by atomic mass is 9.68. The fourth-order valence-electron chi connectivity index (χ4n) is 8.75. The number of likely N-dealkylation sites (N-methyl/N-ethyl adjacent to an activating group) is 1. The summed E-state index contributed by atoms with van der Waals surface area (Å²) in [5.41, 5.74) is 8.64. The summed E-state index contributed by atoms with van der Waals surface area (Å²) < 4.78 is 35.6. The van der Waals surface area contributed by atoms with Gasteiger partial charge in [-0.2, -0.15) is 28.6 Å². The minimum atomic E-state index is -5.08. The van der Waals surface area contributed by atoms with E-state index in [1.807, 2.05) is 47.8 Å². The molecule has 0 radical (unpaired) electrons. The van der Waals surface area contributed by atoms with Crippen LogP contribution in [0.25, 0.3) is 44.3 Å². The molecule has 5 aromatic rings. The Morgan fingerprint density at radius 3 is 2.44 bits per heavy atom. The molecule has 2 N–H and O–H groups in total. The van der Waals surface area contributed by atoms with Crippen LogP contribution < -0.4 is 4.90 Å². The number of amides is 1. The predicted molar refractivity (Wildman–Crippen MR) is 186 cm³/mol. The van der Waals surface area contributed by atoms with Crippen LogP contribution in [0, 0.1) is 11.3 Å². The van der Waals surface area contributed by atoms with E-state index in [0.717, 1.165) is 113 Å². The molecule has 1 spiro atoms. The molecule has 1 aromatic carbocycles. The fraction of sp³-hybridized carbons (Fsp3) is 0.459. The molecule has 4 aromatic heterocycles. The number of H-pyrrole nitrogens is 1. The largest absolute Gasteiger partial charge is 0.490 e. The van der Waals surface area contributed by atoms with Crippen molar-refractivity contribution >= 4 is 39.5 Å². The Morgan fingerprint density at radius 2 is 1.83 bits per heavy atom. The lowest BCUT2D eigenvalue weighted by Crippen LogP contribution is -2.59. The number of aryl methyl sites for hydroxylation is 2. The Balaban J connectivity index is 0.000000505. The second-order valence-corrected chi connectivity index (χ2v) is 14.7. The van der Waals surface area contributed by atoms with E-state index in [4.69, 9.17) is 20.0 Å². The van der Waals surface area contributed by atoms with Crippen LogP contribution in [0.1, 0.15) is 68.5 Å². The number of nitrogens with zero attached hydrogens (tertiary/aromatic N) is 8. The maximum atomic E-state index is 14.4. The lowest BCUT2D eigenvalue weighted by molar-refractivity contribution is -0.192. The van der Waals surface area contributed by atoms with E-state index in [1.165, 1.54) is 6.42 Å². The van der Waals surface area contributed by atoms with Crippen molar-refractivity contribution in [1.29, 1.82) is 5.26 Å². The molecule has 15 heteroatoms. The van der Waals surface area contributed by atoms with Gasteiger partial charge in [-0.25, -0.2) is 9.78 Å². The highest BCUT2D eigenvalue weighted by atomic mass is 19.4. The molecule has 1 saturated heterocycles. The minimum absolute atomic E-state index is 0.0224. The number of anilines is 1. The van der Waals surface area contributed by atoms with Crippen molar-refractivity contribution in [2.75, 3.05) is 25.0 Å². The van der Waals surface area contributed by atoms with Gasteiger partial charge in [0.15, 0.2) is 0 Å². The lowest BCUT2D eigenvalue weighted by Gasteiger charge is -2.53. The third-order valence-corrected chi connectivity index (χ3v) is 11.7. The van der Waals surface area contributed by atoms with Crippen molar-refractivity contribution in [2.24, 2.45) is 14.1 Å². The van der Waals surface area contributed by atoms with Crippen LogP contribution in [0.2, 0.25) is 0 Å². The summed E-state index contributed by atoms with van der Waals surface area (Å²) in [6, 6.07) is 9.00. The number of aromatic nitrogens is 6. The molecule has 4 aliphatic rings. The number of alkyl halides is 3. The Labute approximate surface area is 296 Å². The monoisotopic (exact) mass is 713 g/mol. The first-order valence-corrected chi connectivity index (χ1v) is 17.5. The summed E-state index contributed by atoms with van der Waals surface area (Å²) >= 11 is 0. The highest BCUT2D eigenvalue weighted by Gasteiger charge is 2.55. The number of hydrogen-bond donors (Lipinski definition) is 2. The zero-order chi connectivity index (χ0) is 36.7. The number of aromatic amines is 1. The normalized spacial score (nSPS) is 19.4. The summed E-state index contributed by atoms with van der Waals surface area (Å²) in [6.07, 6.45) is 8.51. The van der Waals surface area contributed by atoms with E-state index in [9.17, 15) is 23.2 Å². The van der Waals surface area contributed by atoms with E-state index >= 15 is 0 Å². The van der Waals surface area contributed by atoms with Gasteiger partial charge >= 0.3 is 12.1 Å². The van der Waals surface area contributed by atoms with Gasteiger partial charge in [0.25, 0.3) is 0 Å². The van der Waals surface area contributed by atoms with Gasteiger partial charge in [-0.3, -0.25) is 19.1 Å². The van der Waals surface area contributed by atoms with E-state index in [2.05, 4.69) is 45.4 Å². The molecular formula is C37H38F3N9O3. The van der Waals surface area contributed by atoms with E-state index < -0.39 is 17.6 Å². The number of fused-ring (bicyclic) bond motifs is 5. The molecule has 270 valence electrons. The number of pyridine rings is 1. The van der Waals surface area contributed by atoms with Gasteiger partial charge in [0, 0.05) is 79.3 Å². The molecule has 2 saturated carbocycles. The molecule has 0 unspecified atom stereocenters. The van der Waals surface area contributed by atoms with Crippen LogP contribution in [-0.4, -0.2) is 83.3 Å². The highest BCUT2D eigenvalue weighted by molar-refractivity contribution is 6.16. The number of likely N-dealkylation sites (tertiary alicyclic amines) is 1. The third-order valence-electron chi connectivity index (χ3n) is 11.7. The van der Waals surface area contributed by atoms with Gasteiger partial charge in [0.1, 0.15) is 5.65 Å². The number of carboxylic acids is 1. The van der Waals surface area contributed by atoms with Crippen molar-refractivity contribution in [2.45, 2.75) is 74.4 Å². The average molecular weight is 714 g/mol. The smallest absolute Gasteiger partial charge is 0.475 e. The van der Waals surface area contributed by atoms with Crippen LogP contribution in [0.3, 0.4) is 0 Å². The van der Waals surface area contributed by atoms with Gasteiger partial charge in [0.2, 0.25) is 5.91 Å². The minimum Gasteiger partial charge on any atom is -0.475 e. The van der Waals surface area contributed by atoms with E-state index in [1.54, 1.807) is 0 Å². The van der Waals surface area contributed by atoms with Crippen LogP contribution in [0.15, 0.2) is 36.8 Å². The number of carboxylic acid groups (broad SMARTS) is 1. The summed E-state index contributed by atoms with van der Waals surface area (Å²) in [5, 5.41) is 28.3. The van der Waals surface area contributed by atoms with Crippen LogP contribution in [-0.2, 0) is 29.1 Å². The first kappa shape index (κ1) is 33.9. The summed E-state index contributed by atoms with van der Waals surface area (Å²) in [6.45, 7) is 1.63. The summed E-state index contributed by atoms with van der Waals surface area (Å²) in [4.78, 5) is 36.4. The number of carbonyl (C=O) groups excluding carboxylic acids is 1. The first-order valence-electron chi connectivity index (χ1n) is 17.5. The molecule has 2 aliphatic carbocycles. The fourth-order valence-corrected chi connectivity index (χ4v) is 8.75. The summed E-state index contributed by atoms with van der Waals surface area (Å²) in [5.74, 6) is -2.13. The molecule has 6 heterocycles. The topological polar surface area (TPSA) is 149 Å². The molecule has 0 bridgehead atoms. The Kier molecular flexibility index (Phi) is 7.76. The molecule has 1 amide bonds. The first-order chi connectivity index (χ1) is 24.8. The van der Waals surface area contributed by atoms with Gasteiger partial charge in [-0.15, -0.1) is 0 Å². The quantitative estimate of drug-likeness (QED) is 0.220. The molecule has 12 nitrogen and oxygen atoms in total.